The Hall–Kier alpha value is -3.48. The Bertz CT molecular complexity index is 1280. The van der Waals surface area contributed by atoms with E-state index in [2.05, 4.69) is 41.6 Å². The number of carbonyl (C=O) groups excluding carboxylic acids is 1. The minimum atomic E-state index is -0.407. The molecule has 36 heavy (non-hydrogen) atoms. The molecule has 0 bridgehead atoms. The smallest absolute Gasteiger partial charge is 0.320 e. The van der Waals surface area contributed by atoms with Gasteiger partial charge in [0, 0.05) is 17.5 Å². The number of urea groups is 1. The van der Waals surface area contributed by atoms with E-state index in [0.717, 1.165) is 37.0 Å². The molecule has 2 aliphatic carbocycles. The fourth-order valence-corrected chi connectivity index (χ4v) is 5.64. The minimum absolute atomic E-state index is 0.000234. The third-order valence-electron chi connectivity index (χ3n) is 7.32. The van der Waals surface area contributed by atoms with Crippen LogP contribution in [-0.2, 0) is 12.8 Å². The maximum Gasteiger partial charge on any atom is 0.320 e. The van der Waals surface area contributed by atoms with Crippen molar-refractivity contribution in [3.05, 3.63) is 82.5 Å². The molecular formula is C29H31F2N3O2. The summed E-state index contributed by atoms with van der Waals surface area (Å²) in [6.07, 6.45) is 5.44. The van der Waals surface area contributed by atoms with Gasteiger partial charge in [0.1, 0.15) is 29.0 Å². The number of fused-ring (bicyclic) bond motifs is 3. The molecule has 1 saturated carbocycles. The molecule has 1 aromatic heterocycles. The van der Waals surface area contributed by atoms with Crippen molar-refractivity contribution in [2.45, 2.75) is 64.3 Å². The molecule has 0 radical (unpaired) electrons. The predicted octanol–water partition coefficient (Wildman–Crippen LogP) is 7.08. The van der Waals surface area contributed by atoms with Gasteiger partial charge in [-0.2, -0.15) is 0 Å². The van der Waals surface area contributed by atoms with Gasteiger partial charge in [-0.3, -0.25) is 5.32 Å². The zero-order valence-electron chi connectivity index (χ0n) is 20.8. The van der Waals surface area contributed by atoms with E-state index in [9.17, 15) is 13.6 Å². The molecule has 0 spiro atoms. The van der Waals surface area contributed by atoms with Crippen LogP contribution in [0.5, 0.6) is 11.5 Å². The number of aromatic nitrogens is 1. The normalized spacial score (nSPS) is 21.5. The van der Waals surface area contributed by atoms with Crippen molar-refractivity contribution in [2.75, 3.05) is 5.32 Å². The fraction of sp³-hybridized carbons (Fsp3) is 0.379. The van der Waals surface area contributed by atoms with Gasteiger partial charge in [-0.05, 0) is 71.7 Å². The average Bonchev–Trinajstić information content (AvgIpc) is 3.45. The molecule has 4 atom stereocenters. The zero-order valence-corrected chi connectivity index (χ0v) is 20.8. The van der Waals surface area contributed by atoms with E-state index in [1.165, 1.54) is 17.7 Å². The Morgan fingerprint density at radius 2 is 1.69 bits per heavy atom. The lowest BCUT2D eigenvalue weighted by molar-refractivity contribution is 0.250. The second kappa shape index (κ2) is 9.88. The average molecular weight is 492 g/mol. The number of nitrogens with one attached hydrogen (secondary N) is 2. The van der Waals surface area contributed by atoms with Crippen molar-refractivity contribution in [2.24, 2.45) is 5.92 Å². The van der Waals surface area contributed by atoms with E-state index >= 15 is 0 Å². The van der Waals surface area contributed by atoms with Gasteiger partial charge in [-0.15, -0.1) is 0 Å². The minimum Gasteiger partial charge on any atom is -0.455 e. The lowest BCUT2D eigenvalue weighted by Gasteiger charge is -2.16. The van der Waals surface area contributed by atoms with Crippen molar-refractivity contribution in [3.8, 4) is 11.5 Å². The van der Waals surface area contributed by atoms with Crippen LogP contribution in [0.25, 0.3) is 0 Å². The summed E-state index contributed by atoms with van der Waals surface area (Å²) in [5.41, 5.74) is 3.08. The van der Waals surface area contributed by atoms with E-state index in [1.807, 2.05) is 25.1 Å². The van der Waals surface area contributed by atoms with E-state index in [-0.39, 0.29) is 29.6 Å². The standard InChI is InChI=1S/C29H31F2N3O2/c1-4-6-17-8-10-19(11-9-17)36-22-15-32-23(14-18(22)7-5-2)33-29(35)34-28-25-16(3)24-20(30)12-13-21(31)26(24)27(25)28/h8-16,25,27-28H,4-7H2,1-3H3,(H2,32,33,34,35)/t16-,25+,27+,28+/m0/s1. The summed E-state index contributed by atoms with van der Waals surface area (Å²) in [6, 6.07) is 11.6. The number of benzene rings is 2. The molecule has 2 aromatic carbocycles. The molecule has 0 aliphatic heterocycles. The first-order chi connectivity index (χ1) is 17.4. The molecule has 1 heterocycles. The molecular weight excluding hydrogens is 460 g/mol. The largest absolute Gasteiger partial charge is 0.455 e. The van der Waals surface area contributed by atoms with Gasteiger partial charge >= 0.3 is 6.03 Å². The van der Waals surface area contributed by atoms with Crippen molar-refractivity contribution in [1.29, 1.82) is 0 Å². The number of carbonyl (C=O) groups is 1. The van der Waals surface area contributed by atoms with Gasteiger partial charge in [0.2, 0.25) is 0 Å². The van der Waals surface area contributed by atoms with Gasteiger partial charge in [-0.1, -0.05) is 45.7 Å². The number of hydrogen-bond acceptors (Lipinski definition) is 3. The molecule has 0 unspecified atom stereocenters. The Morgan fingerprint density at radius 3 is 2.39 bits per heavy atom. The van der Waals surface area contributed by atoms with Crippen LogP contribution in [-0.4, -0.2) is 17.1 Å². The van der Waals surface area contributed by atoms with Crippen LogP contribution in [0.3, 0.4) is 0 Å². The van der Waals surface area contributed by atoms with E-state index in [4.69, 9.17) is 4.74 Å². The number of aryl methyl sites for hydroxylation is 2. The van der Waals surface area contributed by atoms with Crippen LogP contribution in [0.4, 0.5) is 19.4 Å². The topological polar surface area (TPSA) is 63.2 Å². The van der Waals surface area contributed by atoms with Gasteiger partial charge < -0.3 is 10.1 Å². The summed E-state index contributed by atoms with van der Waals surface area (Å²) in [5, 5.41) is 5.73. The lowest BCUT2D eigenvalue weighted by atomic mass is 9.95. The predicted molar refractivity (Wildman–Crippen MR) is 136 cm³/mol. The Labute approximate surface area is 210 Å². The molecule has 5 nitrogen and oxygen atoms in total. The number of anilines is 1. The summed E-state index contributed by atoms with van der Waals surface area (Å²) < 4.78 is 34.7. The molecule has 2 amide bonds. The highest BCUT2D eigenvalue weighted by molar-refractivity contribution is 5.89. The maximum absolute atomic E-state index is 14.4. The third-order valence-corrected chi connectivity index (χ3v) is 7.32. The number of ether oxygens (including phenoxy) is 1. The Balaban J connectivity index is 1.25. The summed E-state index contributed by atoms with van der Waals surface area (Å²) in [5.74, 6) is 0.695. The molecule has 3 aromatic rings. The van der Waals surface area contributed by atoms with Gasteiger partial charge in [0.25, 0.3) is 0 Å². The van der Waals surface area contributed by atoms with Crippen LogP contribution < -0.4 is 15.4 Å². The fourth-order valence-electron chi connectivity index (χ4n) is 5.64. The lowest BCUT2D eigenvalue weighted by Crippen LogP contribution is -2.33. The number of hydrogen-bond donors (Lipinski definition) is 2. The number of amides is 2. The van der Waals surface area contributed by atoms with Crippen molar-refractivity contribution in [1.82, 2.24) is 10.3 Å². The quantitative estimate of drug-likeness (QED) is 0.354. The summed E-state index contributed by atoms with van der Waals surface area (Å²) in [7, 11) is 0. The number of nitrogens with zero attached hydrogens (tertiary/aromatic N) is 1. The second-order valence-electron chi connectivity index (χ2n) is 9.80. The first-order valence-corrected chi connectivity index (χ1v) is 12.7. The summed E-state index contributed by atoms with van der Waals surface area (Å²) in [6.45, 7) is 6.12. The highest BCUT2D eigenvalue weighted by atomic mass is 19.1. The van der Waals surface area contributed by atoms with E-state index in [0.29, 0.717) is 22.7 Å². The van der Waals surface area contributed by atoms with Crippen LogP contribution in [0, 0.1) is 17.6 Å². The molecule has 7 heteroatoms. The Morgan fingerprint density at radius 1 is 1.00 bits per heavy atom. The summed E-state index contributed by atoms with van der Waals surface area (Å²) in [4.78, 5) is 17.1. The van der Waals surface area contributed by atoms with E-state index < -0.39 is 11.8 Å². The zero-order chi connectivity index (χ0) is 25.4. The van der Waals surface area contributed by atoms with Crippen LogP contribution in [0.2, 0.25) is 0 Å². The molecule has 1 fully saturated rings. The highest BCUT2D eigenvalue weighted by Crippen LogP contribution is 2.63. The van der Waals surface area contributed by atoms with Crippen LogP contribution in [0.1, 0.15) is 67.7 Å². The molecule has 2 N–H and O–H groups in total. The molecule has 188 valence electrons. The third kappa shape index (κ3) is 4.54. The van der Waals surface area contributed by atoms with Gasteiger partial charge in [0.15, 0.2) is 0 Å². The molecule has 5 rings (SSSR count). The van der Waals surface area contributed by atoms with Crippen LogP contribution in [0.15, 0.2) is 48.7 Å². The monoisotopic (exact) mass is 491 g/mol. The van der Waals surface area contributed by atoms with E-state index in [1.54, 1.807) is 6.20 Å². The maximum atomic E-state index is 14.4. The second-order valence-corrected chi connectivity index (χ2v) is 9.80. The first-order valence-electron chi connectivity index (χ1n) is 12.7. The Kier molecular flexibility index (Phi) is 6.65. The van der Waals surface area contributed by atoms with Crippen molar-refractivity contribution >= 4 is 11.8 Å². The SMILES string of the molecule is CCCc1ccc(Oc2cnc(NC(=O)N[C@H]3[C@H]4c5c(F)ccc(F)c5[C@H](C)[C@@H]34)cc2CCC)cc1. The summed E-state index contributed by atoms with van der Waals surface area (Å²) >= 11 is 0. The van der Waals surface area contributed by atoms with Gasteiger partial charge in [-0.25, -0.2) is 18.6 Å². The van der Waals surface area contributed by atoms with Crippen molar-refractivity contribution in [3.63, 3.8) is 0 Å². The highest BCUT2D eigenvalue weighted by Gasteiger charge is 2.62. The van der Waals surface area contributed by atoms with Crippen LogP contribution >= 0.6 is 0 Å². The number of pyridine rings is 1. The molecule has 0 saturated heterocycles. The number of rotatable bonds is 8. The van der Waals surface area contributed by atoms with Crippen molar-refractivity contribution < 1.29 is 18.3 Å². The van der Waals surface area contributed by atoms with Gasteiger partial charge in [0.05, 0.1) is 6.20 Å². The first kappa shape index (κ1) is 24.2. The number of halogens is 2. The molecule has 2 aliphatic rings.